The molecule has 1 aromatic heterocycles. The van der Waals surface area contributed by atoms with Gasteiger partial charge in [0.2, 0.25) is 0 Å². The van der Waals surface area contributed by atoms with Crippen LogP contribution in [0, 0.1) is 0 Å². The number of oxime groups is 1. The summed E-state index contributed by atoms with van der Waals surface area (Å²) in [6, 6.07) is 8.67. The predicted molar refractivity (Wildman–Crippen MR) is 65.3 cm³/mol. The Balaban J connectivity index is 2.06. The molecule has 6 heteroatoms. The molecule has 0 bridgehead atoms. The van der Waals surface area contributed by atoms with Crippen LogP contribution >= 0.6 is 0 Å². The zero-order valence-corrected chi connectivity index (χ0v) is 9.52. The molecule has 0 aliphatic heterocycles. The van der Waals surface area contributed by atoms with Crippen molar-refractivity contribution >= 4 is 5.84 Å². The van der Waals surface area contributed by atoms with Crippen molar-refractivity contribution in [1.82, 2.24) is 9.97 Å². The zero-order valence-electron chi connectivity index (χ0n) is 9.52. The van der Waals surface area contributed by atoms with Gasteiger partial charge in [-0.05, 0) is 18.2 Å². The number of rotatable bonds is 4. The van der Waals surface area contributed by atoms with Crippen LogP contribution < -0.4 is 10.5 Å². The molecule has 0 fully saturated rings. The summed E-state index contributed by atoms with van der Waals surface area (Å²) in [7, 11) is 0. The van der Waals surface area contributed by atoms with Gasteiger partial charge >= 0.3 is 0 Å². The first-order valence-electron chi connectivity index (χ1n) is 5.26. The van der Waals surface area contributed by atoms with E-state index in [0.29, 0.717) is 17.1 Å². The molecule has 0 unspecified atom stereocenters. The number of amidine groups is 1. The average molecular weight is 244 g/mol. The number of hydrogen-bond acceptors (Lipinski definition) is 5. The molecule has 18 heavy (non-hydrogen) atoms. The quantitative estimate of drug-likeness (QED) is 0.364. The second-order valence-electron chi connectivity index (χ2n) is 3.47. The zero-order chi connectivity index (χ0) is 12.8. The van der Waals surface area contributed by atoms with Crippen LogP contribution in [0.25, 0.3) is 0 Å². The first kappa shape index (κ1) is 11.8. The maximum absolute atomic E-state index is 8.59. The third-order valence-corrected chi connectivity index (χ3v) is 2.22. The fourth-order valence-corrected chi connectivity index (χ4v) is 1.36. The summed E-state index contributed by atoms with van der Waals surface area (Å²) in [5.41, 5.74) is 6.08. The minimum atomic E-state index is 0.0383. The molecule has 0 spiro atoms. The first-order chi connectivity index (χ1) is 8.79. The summed E-state index contributed by atoms with van der Waals surface area (Å²) in [5.74, 6) is 1.23. The molecular weight excluding hydrogens is 232 g/mol. The maximum atomic E-state index is 8.59. The number of nitrogens with two attached hydrogens (primary N) is 1. The van der Waals surface area contributed by atoms with Crippen LogP contribution in [0.4, 0.5) is 0 Å². The van der Waals surface area contributed by atoms with E-state index in [1.54, 1.807) is 42.7 Å². The van der Waals surface area contributed by atoms with Crippen molar-refractivity contribution in [2.45, 2.75) is 6.61 Å². The highest BCUT2D eigenvalue weighted by atomic mass is 16.5. The molecule has 1 aromatic carbocycles. The van der Waals surface area contributed by atoms with Crippen LogP contribution in [0.15, 0.2) is 47.9 Å². The Hall–Kier alpha value is -2.63. The lowest BCUT2D eigenvalue weighted by atomic mass is 10.2. The highest BCUT2D eigenvalue weighted by molar-refractivity contribution is 5.97. The number of hydrogen-bond donors (Lipinski definition) is 2. The molecule has 92 valence electrons. The molecule has 0 aliphatic rings. The van der Waals surface area contributed by atoms with Crippen LogP contribution in [0.5, 0.6) is 5.75 Å². The summed E-state index contributed by atoms with van der Waals surface area (Å²) in [4.78, 5) is 8.09. The Bertz CT molecular complexity index is 543. The SMILES string of the molecule is N/C(=N\O)c1cccc(OCc2ncccn2)c1. The molecule has 6 nitrogen and oxygen atoms in total. The molecule has 2 aromatic rings. The number of nitrogens with zero attached hydrogens (tertiary/aromatic N) is 3. The Morgan fingerprint density at radius 2 is 2.06 bits per heavy atom. The van der Waals surface area contributed by atoms with Crippen molar-refractivity contribution in [2.24, 2.45) is 10.9 Å². The monoisotopic (exact) mass is 244 g/mol. The second-order valence-corrected chi connectivity index (χ2v) is 3.47. The Morgan fingerprint density at radius 1 is 1.28 bits per heavy atom. The topological polar surface area (TPSA) is 93.6 Å². The molecule has 0 radical (unpaired) electrons. The van der Waals surface area contributed by atoms with Gasteiger partial charge in [0, 0.05) is 18.0 Å². The smallest absolute Gasteiger partial charge is 0.170 e. The molecule has 0 atom stereocenters. The van der Waals surface area contributed by atoms with Crippen molar-refractivity contribution in [1.29, 1.82) is 0 Å². The van der Waals surface area contributed by atoms with Gasteiger partial charge in [-0.15, -0.1) is 0 Å². The van der Waals surface area contributed by atoms with Gasteiger partial charge in [0.05, 0.1) is 0 Å². The van der Waals surface area contributed by atoms with Crippen LogP contribution in [0.1, 0.15) is 11.4 Å². The average Bonchev–Trinajstić information content (AvgIpc) is 2.45. The van der Waals surface area contributed by atoms with E-state index in [1.807, 2.05) is 0 Å². The molecule has 0 amide bonds. The fourth-order valence-electron chi connectivity index (χ4n) is 1.36. The summed E-state index contributed by atoms with van der Waals surface area (Å²) in [6.45, 7) is 0.264. The van der Waals surface area contributed by atoms with E-state index in [0.717, 1.165) is 0 Å². The van der Waals surface area contributed by atoms with E-state index in [2.05, 4.69) is 15.1 Å². The van der Waals surface area contributed by atoms with Crippen molar-refractivity contribution in [3.63, 3.8) is 0 Å². The van der Waals surface area contributed by atoms with Gasteiger partial charge in [0.25, 0.3) is 0 Å². The van der Waals surface area contributed by atoms with Crippen LogP contribution in [0.2, 0.25) is 0 Å². The minimum absolute atomic E-state index is 0.0383. The first-order valence-corrected chi connectivity index (χ1v) is 5.26. The predicted octanol–water partition coefficient (Wildman–Crippen LogP) is 1.15. The van der Waals surface area contributed by atoms with E-state index in [1.165, 1.54) is 0 Å². The molecule has 0 saturated carbocycles. The minimum Gasteiger partial charge on any atom is -0.486 e. The van der Waals surface area contributed by atoms with Gasteiger partial charge in [0.1, 0.15) is 12.4 Å². The largest absolute Gasteiger partial charge is 0.486 e. The third-order valence-electron chi connectivity index (χ3n) is 2.22. The van der Waals surface area contributed by atoms with Crippen LogP contribution in [0.3, 0.4) is 0 Å². The Kier molecular flexibility index (Phi) is 3.70. The van der Waals surface area contributed by atoms with E-state index < -0.39 is 0 Å². The van der Waals surface area contributed by atoms with Crippen molar-refractivity contribution in [3.8, 4) is 5.75 Å². The van der Waals surface area contributed by atoms with E-state index in [9.17, 15) is 0 Å². The molecule has 0 saturated heterocycles. The van der Waals surface area contributed by atoms with Crippen LogP contribution in [-0.4, -0.2) is 21.0 Å². The molecule has 3 N–H and O–H groups in total. The van der Waals surface area contributed by atoms with Crippen molar-refractivity contribution < 1.29 is 9.94 Å². The summed E-state index contributed by atoms with van der Waals surface area (Å²) < 4.78 is 5.51. The normalized spacial score (nSPS) is 11.2. The Labute approximate surface area is 104 Å². The highest BCUT2D eigenvalue weighted by Gasteiger charge is 2.02. The highest BCUT2D eigenvalue weighted by Crippen LogP contribution is 2.14. The molecular formula is C12H12N4O2. The van der Waals surface area contributed by atoms with Gasteiger partial charge in [-0.25, -0.2) is 9.97 Å². The van der Waals surface area contributed by atoms with Crippen LogP contribution in [-0.2, 0) is 6.61 Å². The van der Waals surface area contributed by atoms with Gasteiger partial charge in [-0.3, -0.25) is 0 Å². The Morgan fingerprint density at radius 3 is 2.78 bits per heavy atom. The lowest BCUT2D eigenvalue weighted by Gasteiger charge is -2.06. The van der Waals surface area contributed by atoms with E-state index in [-0.39, 0.29) is 12.4 Å². The summed E-state index contributed by atoms with van der Waals surface area (Å²) in [5, 5.41) is 11.5. The number of aromatic nitrogens is 2. The molecule has 2 rings (SSSR count). The number of ether oxygens (including phenoxy) is 1. The summed E-state index contributed by atoms with van der Waals surface area (Å²) >= 11 is 0. The van der Waals surface area contributed by atoms with Gasteiger partial charge in [0.15, 0.2) is 11.7 Å². The van der Waals surface area contributed by atoms with Gasteiger partial charge in [-0.1, -0.05) is 17.3 Å². The van der Waals surface area contributed by atoms with Gasteiger partial charge in [-0.2, -0.15) is 0 Å². The van der Waals surface area contributed by atoms with Crippen molar-refractivity contribution in [2.75, 3.05) is 0 Å². The third kappa shape index (κ3) is 2.94. The lowest BCUT2D eigenvalue weighted by Crippen LogP contribution is -2.13. The van der Waals surface area contributed by atoms with Gasteiger partial charge < -0.3 is 15.7 Å². The van der Waals surface area contributed by atoms with E-state index >= 15 is 0 Å². The standard InChI is InChI=1S/C12H12N4O2/c13-12(16-17)9-3-1-4-10(7-9)18-8-11-14-5-2-6-15-11/h1-7,17H,8H2,(H2,13,16). The second kappa shape index (κ2) is 5.62. The van der Waals surface area contributed by atoms with E-state index in [4.69, 9.17) is 15.7 Å². The molecule has 1 heterocycles. The summed E-state index contributed by atoms with van der Waals surface area (Å²) in [6.07, 6.45) is 3.30. The maximum Gasteiger partial charge on any atom is 0.170 e. The number of benzene rings is 1. The lowest BCUT2D eigenvalue weighted by molar-refractivity contribution is 0.295. The molecule has 0 aliphatic carbocycles. The van der Waals surface area contributed by atoms with Crippen molar-refractivity contribution in [3.05, 3.63) is 54.1 Å². The fraction of sp³-hybridized carbons (Fsp3) is 0.0833.